The molecule has 4 heterocycles. The lowest BCUT2D eigenvalue weighted by Gasteiger charge is -2.34. The topological polar surface area (TPSA) is 82.2 Å². The van der Waals surface area contributed by atoms with Crippen molar-refractivity contribution in [2.45, 2.75) is 32.2 Å². The van der Waals surface area contributed by atoms with E-state index in [1.54, 1.807) is 17.4 Å². The van der Waals surface area contributed by atoms with Crippen LogP contribution >= 0.6 is 22.9 Å². The largest absolute Gasteiger partial charge is 0.336 e. The predicted molar refractivity (Wildman–Crippen MR) is 135 cm³/mol. The van der Waals surface area contributed by atoms with Gasteiger partial charge in [-0.3, -0.25) is 14.5 Å². The zero-order chi connectivity index (χ0) is 23.2. The third-order valence-corrected chi connectivity index (χ3v) is 8.20. The van der Waals surface area contributed by atoms with Crippen molar-refractivity contribution >= 4 is 50.0 Å². The van der Waals surface area contributed by atoms with Gasteiger partial charge in [0.1, 0.15) is 15.8 Å². The highest BCUT2D eigenvalue weighted by atomic mass is 35.5. The number of benzene rings is 1. The molecule has 34 heavy (non-hydrogen) atoms. The average Bonchev–Trinajstić information content (AvgIpc) is 3.22. The molecule has 1 aromatic carbocycles. The zero-order valence-corrected chi connectivity index (χ0v) is 20.2. The summed E-state index contributed by atoms with van der Waals surface area (Å²) in [6.07, 6.45) is 4.37. The molecule has 174 valence electrons. The van der Waals surface area contributed by atoms with Gasteiger partial charge in [0.05, 0.1) is 23.0 Å². The second-order valence-electron chi connectivity index (χ2n) is 8.98. The van der Waals surface area contributed by atoms with E-state index in [2.05, 4.69) is 14.9 Å². The number of fused-ring (bicyclic) bond motifs is 4. The van der Waals surface area contributed by atoms with Gasteiger partial charge in [-0.25, -0.2) is 9.97 Å². The molecule has 3 aromatic heterocycles. The van der Waals surface area contributed by atoms with Crippen molar-refractivity contribution in [2.75, 3.05) is 26.2 Å². The number of carbonyl (C=O) groups excluding carboxylic acids is 1. The van der Waals surface area contributed by atoms with E-state index >= 15 is 0 Å². The Labute approximate surface area is 205 Å². The van der Waals surface area contributed by atoms with E-state index in [4.69, 9.17) is 16.6 Å². The highest BCUT2D eigenvalue weighted by Crippen LogP contribution is 2.33. The second-order valence-corrected chi connectivity index (χ2v) is 10.5. The van der Waals surface area contributed by atoms with Crippen LogP contribution in [0.2, 0.25) is 5.15 Å². The number of amides is 1. The van der Waals surface area contributed by atoms with Crippen LogP contribution in [0.25, 0.3) is 21.1 Å². The Morgan fingerprint density at radius 1 is 1.09 bits per heavy atom. The number of H-pyrrole nitrogens is 1. The Morgan fingerprint density at radius 3 is 2.74 bits per heavy atom. The summed E-state index contributed by atoms with van der Waals surface area (Å²) in [5, 5.41) is 1.93. The number of piperazine rings is 1. The summed E-state index contributed by atoms with van der Waals surface area (Å²) in [4.78, 5) is 44.5. The molecule has 9 heteroatoms. The van der Waals surface area contributed by atoms with Crippen LogP contribution in [0.15, 0.2) is 35.1 Å². The maximum Gasteiger partial charge on any atom is 0.259 e. The van der Waals surface area contributed by atoms with Crippen molar-refractivity contribution in [2.24, 2.45) is 0 Å². The van der Waals surface area contributed by atoms with E-state index in [1.807, 2.05) is 29.2 Å². The van der Waals surface area contributed by atoms with E-state index in [9.17, 15) is 9.59 Å². The first-order valence-corrected chi connectivity index (χ1v) is 12.9. The first kappa shape index (κ1) is 21.7. The summed E-state index contributed by atoms with van der Waals surface area (Å²) < 4.78 is 0. The van der Waals surface area contributed by atoms with Crippen molar-refractivity contribution in [3.63, 3.8) is 0 Å². The predicted octanol–water partition coefficient (Wildman–Crippen LogP) is 4.02. The fourth-order valence-electron chi connectivity index (χ4n) is 5.09. The number of thiophene rings is 1. The molecule has 0 spiro atoms. The molecule has 0 unspecified atom stereocenters. The molecule has 0 radical (unpaired) electrons. The van der Waals surface area contributed by atoms with Crippen LogP contribution in [0, 0.1) is 0 Å². The lowest BCUT2D eigenvalue weighted by Crippen LogP contribution is -2.48. The number of pyridine rings is 1. The lowest BCUT2D eigenvalue weighted by molar-refractivity contribution is 0.0627. The molecular formula is C25H24ClN5O2S. The standard InChI is InChI=1S/C25H24ClN5O2S/c26-20-13-17(15-5-1-3-7-18(15)27-20)25(33)31-11-9-30(10-12-31)14-21-28-23(32)22-16-6-2-4-8-19(16)34-24(22)29-21/h1,3,5,7,13H,2,4,6,8-12,14H2,(H,28,29,32). The van der Waals surface area contributed by atoms with Crippen LogP contribution in [-0.4, -0.2) is 56.8 Å². The van der Waals surface area contributed by atoms with Gasteiger partial charge >= 0.3 is 0 Å². The molecule has 1 saturated heterocycles. The van der Waals surface area contributed by atoms with Gasteiger partial charge in [-0.05, 0) is 43.4 Å². The van der Waals surface area contributed by atoms with Crippen LogP contribution in [-0.2, 0) is 19.4 Å². The van der Waals surface area contributed by atoms with E-state index in [1.165, 1.54) is 16.9 Å². The second kappa shape index (κ2) is 8.76. The third kappa shape index (κ3) is 3.89. The summed E-state index contributed by atoms with van der Waals surface area (Å²) in [5.41, 5.74) is 2.50. The molecule has 0 saturated carbocycles. The van der Waals surface area contributed by atoms with E-state index < -0.39 is 0 Å². The van der Waals surface area contributed by atoms with Crippen molar-refractivity contribution in [1.29, 1.82) is 0 Å². The minimum absolute atomic E-state index is 0.0188. The molecule has 1 aliphatic carbocycles. The van der Waals surface area contributed by atoms with Gasteiger partial charge in [0, 0.05) is 36.4 Å². The van der Waals surface area contributed by atoms with Crippen molar-refractivity contribution in [3.05, 3.63) is 67.7 Å². The molecule has 6 rings (SSSR count). The minimum atomic E-state index is -0.0303. The minimum Gasteiger partial charge on any atom is -0.336 e. The maximum atomic E-state index is 13.3. The Morgan fingerprint density at radius 2 is 1.88 bits per heavy atom. The van der Waals surface area contributed by atoms with Crippen LogP contribution in [0.4, 0.5) is 0 Å². The monoisotopic (exact) mass is 493 g/mol. The maximum absolute atomic E-state index is 13.3. The number of nitrogens with one attached hydrogen (secondary N) is 1. The van der Waals surface area contributed by atoms with Gasteiger partial charge in [0.25, 0.3) is 11.5 Å². The van der Waals surface area contributed by atoms with Crippen LogP contribution < -0.4 is 5.56 Å². The number of halogens is 1. The number of hydrogen-bond donors (Lipinski definition) is 1. The molecule has 4 aromatic rings. The van der Waals surface area contributed by atoms with Crippen LogP contribution in [0.5, 0.6) is 0 Å². The fraction of sp³-hybridized carbons (Fsp3) is 0.360. The molecule has 0 atom stereocenters. The van der Waals surface area contributed by atoms with Crippen molar-refractivity contribution in [3.8, 4) is 0 Å². The van der Waals surface area contributed by atoms with Gasteiger partial charge in [-0.2, -0.15) is 0 Å². The number of rotatable bonds is 3. The smallest absolute Gasteiger partial charge is 0.259 e. The molecule has 2 aliphatic rings. The number of aryl methyl sites for hydroxylation is 2. The van der Waals surface area contributed by atoms with E-state index in [0.29, 0.717) is 49.3 Å². The first-order chi connectivity index (χ1) is 16.6. The van der Waals surface area contributed by atoms with Crippen molar-refractivity contribution in [1.82, 2.24) is 24.8 Å². The van der Waals surface area contributed by atoms with Gasteiger partial charge in [-0.15, -0.1) is 11.3 Å². The zero-order valence-electron chi connectivity index (χ0n) is 18.6. The number of nitrogens with zero attached hydrogens (tertiary/aromatic N) is 4. The SMILES string of the molecule is O=C(c1cc(Cl)nc2ccccc12)N1CCN(Cc2nc3sc4c(c3c(=O)[nH]2)CCCC4)CC1. The highest BCUT2D eigenvalue weighted by Gasteiger charge is 2.25. The third-order valence-electron chi connectivity index (χ3n) is 6.82. The Hall–Kier alpha value is -2.81. The number of aromatic nitrogens is 3. The summed E-state index contributed by atoms with van der Waals surface area (Å²) >= 11 is 7.86. The van der Waals surface area contributed by atoms with Gasteiger partial charge in [0.15, 0.2) is 0 Å². The normalized spacial score (nSPS) is 16.8. The number of hydrogen-bond acceptors (Lipinski definition) is 6. The van der Waals surface area contributed by atoms with Crippen LogP contribution in [0.1, 0.15) is 39.5 Å². The number of carbonyl (C=O) groups is 1. The van der Waals surface area contributed by atoms with E-state index in [-0.39, 0.29) is 11.5 Å². The summed E-state index contributed by atoms with van der Waals surface area (Å²) in [5.74, 6) is 0.667. The fourth-order valence-corrected chi connectivity index (χ4v) is 6.58. The quantitative estimate of drug-likeness (QED) is 0.436. The van der Waals surface area contributed by atoms with Crippen molar-refractivity contribution < 1.29 is 4.79 Å². The molecular weight excluding hydrogens is 470 g/mol. The molecule has 0 bridgehead atoms. The first-order valence-electron chi connectivity index (χ1n) is 11.7. The summed E-state index contributed by atoms with van der Waals surface area (Å²) in [6.45, 7) is 3.20. The molecule has 1 N–H and O–H groups in total. The highest BCUT2D eigenvalue weighted by molar-refractivity contribution is 7.18. The molecule has 7 nitrogen and oxygen atoms in total. The lowest BCUT2D eigenvalue weighted by atomic mass is 9.97. The Kier molecular flexibility index (Phi) is 5.59. The molecule has 1 fully saturated rings. The number of para-hydroxylation sites is 1. The molecule has 1 aliphatic heterocycles. The summed E-state index contributed by atoms with van der Waals surface area (Å²) in [7, 11) is 0. The van der Waals surface area contributed by atoms with Gasteiger partial charge in [-0.1, -0.05) is 29.8 Å². The Balaban J connectivity index is 1.17. The van der Waals surface area contributed by atoms with Gasteiger partial charge < -0.3 is 9.88 Å². The average molecular weight is 494 g/mol. The van der Waals surface area contributed by atoms with E-state index in [0.717, 1.165) is 40.4 Å². The Bertz CT molecular complexity index is 1470. The molecule has 1 amide bonds. The van der Waals surface area contributed by atoms with Crippen LogP contribution in [0.3, 0.4) is 0 Å². The van der Waals surface area contributed by atoms with Gasteiger partial charge in [0.2, 0.25) is 0 Å². The number of aromatic amines is 1. The summed E-state index contributed by atoms with van der Waals surface area (Å²) in [6, 6.07) is 9.22.